The Hall–Kier alpha value is -2.23. The summed E-state index contributed by atoms with van der Waals surface area (Å²) in [6.07, 6.45) is 9.73. The van der Waals surface area contributed by atoms with Gasteiger partial charge in [0.2, 0.25) is 0 Å². The van der Waals surface area contributed by atoms with E-state index in [1.807, 2.05) is 36.7 Å². The van der Waals surface area contributed by atoms with Gasteiger partial charge in [-0.2, -0.15) is 0 Å². The second kappa shape index (κ2) is 8.71. The molecular weight excluding hydrogens is 489 g/mol. The van der Waals surface area contributed by atoms with E-state index in [1.54, 1.807) is 0 Å². The van der Waals surface area contributed by atoms with E-state index >= 15 is 0 Å². The zero-order valence-electron chi connectivity index (χ0n) is 19.5. The van der Waals surface area contributed by atoms with Crippen LogP contribution in [0.15, 0.2) is 24.7 Å². The molecule has 3 aromatic heterocycles. The summed E-state index contributed by atoms with van der Waals surface area (Å²) in [6.45, 7) is 4.47. The van der Waals surface area contributed by atoms with Crippen molar-refractivity contribution < 1.29 is 14.2 Å². The number of nitrogen functional groups attached to an aromatic ring is 1. The average Bonchev–Trinajstić information content (AvgIpc) is 3.32. The lowest BCUT2D eigenvalue weighted by atomic mass is 9.86. The first-order chi connectivity index (χ1) is 16.8. The highest BCUT2D eigenvalue weighted by Gasteiger charge is 2.49. The van der Waals surface area contributed by atoms with Gasteiger partial charge in [0.1, 0.15) is 29.0 Å². The molecular formula is C25H27Cl2N5O3. The number of rotatable bonds is 3. The molecule has 3 aliphatic rings. The standard InChI is InChI=1S/C25H27Cl2N5O3/c1-25(2)34-19-9-14(7-13-3-4-15-10-17(26)22(28)31-18(15)8-13)11-33-24(20(19)35-25)32-6-5-16-21(27)29-12-30-23(16)32/h4-6,8,10,12-14,19-20,24H,3,7,9,11H2,1-2H3,(H2,28,31)/t13?,14?,19-,20-,24-/m1/s1. The second-order valence-electron chi connectivity index (χ2n) is 10.0. The summed E-state index contributed by atoms with van der Waals surface area (Å²) in [5, 5.41) is 3.62. The fourth-order valence-corrected chi connectivity index (χ4v) is 5.90. The largest absolute Gasteiger partial charge is 0.382 e. The SMILES string of the molecule is CC1(C)O[C@H]2[C@H](n3ccc4c(Cl)ncnc43)OCC(CC3C=c4nc(N)c(Cl)cc4=CC3)C[C@H]2O1. The molecule has 35 heavy (non-hydrogen) atoms. The summed E-state index contributed by atoms with van der Waals surface area (Å²) in [5.41, 5.74) is 6.66. The number of pyridine rings is 1. The first-order valence-corrected chi connectivity index (χ1v) is 12.6. The number of nitrogens with two attached hydrogens (primary N) is 1. The third kappa shape index (κ3) is 4.32. The molecule has 10 heteroatoms. The quantitative estimate of drug-likeness (QED) is 0.533. The highest BCUT2D eigenvalue weighted by atomic mass is 35.5. The Bertz CT molecular complexity index is 1410. The van der Waals surface area contributed by atoms with Gasteiger partial charge < -0.3 is 24.5 Å². The molecule has 3 aromatic rings. The summed E-state index contributed by atoms with van der Waals surface area (Å²) in [5.74, 6) is 0.277. The Labute approximate surface area is 212 Å². The molecule has 0 spiro atoms. The van der Waals surface area contributed by atoms with Crippen LogP contribution in [0.3, 0.4) is 0 Å². The summed E-state index contributed by atoms with van der Waals surface area (Å²) in [4.78, 5) is 13.0. The van der Waals surface area contributed by atoms with Crippen LogP contribution in [0.25, 0.3) is 23.2 Å². The number of ether oxygens (including phenoxy) is 3. The zero-order valence-corrected chi connectivity index (χ0v) is 21.0. The number of nitrogens with zero attached hydrogens (tertiary/aromatic N) is 4. The van der Waals surface area contributed by atoms with Crippen LogP contribution in [-0.2, 0) is 14.2 Å². The Balaban J connectivity index is 1.28. The van der Waals surface area contributed by atoms with Crippen LogP contribution in [0.5, 0.6) is 0 Å². The monoisotopic (exact) mass is 515 g/mol. The fourth-order valence-electron chi connectivity index (χ4n) is 5.55. The zero-order chi connectivity index (χ0) is 24.3. The molecule has 2 fully saturated rings. The van der Waals surface area contributed by atoms with E-state index in [-0.39, 0.29) is 24.4 Å². The molecule has 0 bridgehead atoms. The maximum atomic E-state index is 6.54. The van der Waals surface area contributed by atoms with Gasteiger partial charge in [0.15, 0.2) is 12.0 Å². The van der Waals surface area contributed by atoms with Crippen LogP contribution in [0.2, 0.25) is 10.2 Å². The van der Waals surface area contributed by atoms with E-state index in [2.05, 4.69) is 27.1 Å². The summed E-state index contributed by atoms with van der Waals surface area (Å²) in [6, 6.07) is 3.80. The van der Waals surface area contributed by atoms with Crippen LogP contribution in [0.4, 0.5) is 5.82 Å². The van der Waals surface area contributed by atoms with E-state index < -0.39 is 5.79 Å². The van der Waals surface area contributed by atoms with Crippen molar-refractivity contribution in [3.8, 4) is 0 Å². The maximum Gasteiger partial charge on any atom is 0.164 e. The van der Waals surface area contributed by atoms with Crippen LogP contribution < -0.4 is 16.3 Å². The number of fused-ring (bicyclic) bond motifs is 3. The lowest BCUT2D eigenvalue weighted by molar-refractivity contribution is -0.174. The molecule has 0 saturated carbocycles. The van der Waals surface area contributed by atoms with Gasteiger partial charge in [0.05, 0.1) is 28.5 Å². The predicted molar refractivity (Wildman–Crippen MR) is 134 cm³/mol. The molecule has 0 radical (unpaired) electrons. The topological polar surface area (TPSA) is 97.3 Å². The number of halogens is 2. The summed E-state index contributed by atoms with van der Waals surface area (Å²) < 4.78 is 21.3. The first kappa shape index (κ1) is 23.2. The molecule has 2 N–H and O–H groups in total. The van der Waals surface area contributed by atoms with Crippen molar-refractivity contribution in [2.45, 2.75) is 57.3 Å². The molecule has 5 atom stereocenters. The number of hydrogen-bond donors (Lipinski definition) is 1. The molecule has 6 rings (SSSR count). The van der Waals surface area contributed by atoms with Crippen molar-refractivity contribution in [1.82, 2.24) is 19.5 Å². The minimum Gasteiger partial charge on any atom is -0.382 e. The molecule has 0 amide bonds. The van der Waals surface area contributed by atoms with E-state index in [0.717, 1.165) is 40.9 Å². The normalized spacial score (nSPS) is 29.7. The third-order valence-electron chi connectivity index (χ3n) is 7.04. The number of aromatic nitrogens is 4. The van der Waals surface area contributed by atoms with E-state index in [1.165, 1.54) is 6.33 Å². The van der Waals surface area contributed by atoms with Crippen molar-refractivity contribution in [3.63, 3.8) is 0 Å². The van der Waals surface area contributed by atoms with Gasteiger partial charge in [-0.05, 0) is 62.3 Å². The van der Waals surface area contributed by atoms with Crippen molar-refractivity contribution in [1.29, 1.82) is 0 Å². The van der Waals surface area contributed by atoms with Gasteiger partial charge in [-0.3, -0.25) is 0 Å². The molecule has 0 aromatic carbocycles. The smallest absolute Gasteiger partial charge is 0.164 e. The molecule has 2 aliphatic heterocycles. The summed E-state index contributed by atoms with van der Waals surface area (Å²) in [7, 11) is 0. The van der Waals surface area contributed by atoms with Crippen LogP contribution in [0, 0.1) is 11.8 Å². The van der Waals surface area contributed by atoms with Crippen molar-refractivity contribution >= 4 is 52.2 Å². The van der Waals surface area contributed by atoms with E-state index in [0.29, 0.717) is 28.5 Å². The number of anilines is 1. The lowest BCUT2D eigenvalue weighted by Gasteiger charge is -2.26. The summed E-state index contributed by atoms with van der Waals surface area (Å²) >= 11 is 12.4. The van der Waals surface area contributed by atoms with Gasteiger partial charge in [0.25, 0.3) is 0 Å². The molecule has 184 valence electrons. The molecule has 1 aliphatic carbocycles. The minimum atomic E-state index is -0.696. The van der Waals surface area contributed by atoms with Crippen LogP contribution in [-0.4, -0.2) is 44.1 Å². The highest BCUT2D eigenvalue weighted by Crippen LogP contribution is 2.42. The van der Waals surface area contributed by atoms with Gasteiger partial charge >= 0.3 is 0 Å². The van der Waals surface area contributed by atoms with Crippen molar-refractivity contribution in [2.75, 3.05) is 12.3 Å². The first-order valence-electron chi connectivity index (χ1n) is 11.9. The molecule has 8 nitrogen and oxygen atoms in total. The minimum absolute atomic E-state index is 0.107. The van der Waals surface area contributed by atoms with Gasteiger partial charge in [-0.15, -0.1) is 0 Å². The second-order valence-corrected chi connectivity index (χ2v) is 10.8. The van der Waals surface area contributed by atoms with Crippen molar-refractivity contribution in [3.05, 3.63) is 45.4 Å². The lowest BCUT2D eigenvalue weighted by Crippen LogP contribution is -2.33. The molecule has 2 saturated heterocycles. The van der Waals surface area contributed by atoms with Gasteiger partial charge in [-0.25, -0.2) is 15.0 Å². The maximum absolute atomic E-state index is 6.54. The fraction of sp³-hybridized carbons (Fsp3) is 0.480. The highest BCUT2D eigenvalue weighted by molar-refractivity contribution is 6.34. The van der Waals surface area contributed by atoms with Crippen LogP contribution >= 0.6 is 23.2 Å². The van der Waals surface area contributed by atoms with Gasteiger partial charge in [-0.1, -0.05) is 35.4 Å². The molecule has 5 heterocycles. The van der Waals surface area contributed by atoms with Crippen LogP contribution in [0.1, 0.15) is 39.3 Å². The molecule has 2 unspecified atom stereocenters. The van der Waals surface area contributed by atoms with Crippen molar-refractivity contribution in [2.24, 2.45) is 11.8 Å². The van der Waals surface area contributed by atoms with E-state index in [4.69, 9.17) is 43.1 Å². The van der Waals surface area contributed by atoms with Gasteiger partial charge in [0, 0.05) is 6.20 Å². The van der Waals surface area contributed by atoms with E-state index in [9.17, 15) is 0 Å². The Morgan fingerprint density at radius 3 is 2.94 bits per heavy atom. The predicted octanol–water partition coefficient (Wildman–Crippen LogP) is 3.44. The Morgan fingerprint density at radius 2 is 2.09 bits per heavy atom. The average molecular weight is 516 g/mol. The third-order valence-corrected chi connectivity index (χ3v) is 7.64. The Kier molecular flexibility index (Phi) is 5.77. The Morgan fingerprint density at radius 1 is 1.23 bits per heavy atom. The number of hydrogen-bond acceptors (Lipinski definition) is 7.